The molecule has 3 aromatic rings. The standard InChI is InChI=1S/C18H21ClN4O/c1-12-8-17(22-18(21-12)11-24-3)20-7-6-13-10-23(2)16-9-14(19)4-5-15(13)16/h4-5,8-10H,6-7,11H2,1-3H3,(H,20,21,22). The lowest BCUT2D eigenvalue weighted by Crippen LogP contribution is -2.09. The molecule has 0 saturated heterocycles. The average Bonchev–Trinajstić information content (AvgIpc) is 2.83. The third-order valence-corrected chi connectivity index (χ3v) is 4.14. The fraction of sp³-hybridized carbons (Fsp3) is 0.333. The van der Waals surface area contributed by atoms with E-state index in [2.05, 4.69) is 32.1 Å². The Morgan fingerprint density at radius 1 is 1.25 bits per heavy atom. The van der Waals surface area contributed by atoms with Gasteiger partial charge in [0.1, 0.15) is 12.4 Å². The van der Waals surface area contributed by atoms with Gasteiger partial charge in [0.05, 0.1) is 0 Å². The van der Waals surface area contributed by atoms with E-state index in [0.717, 1.165) is 35.0 Å². The molecular formula is C18H21ClN4O. The third-order valence-electron chi connectivity index (χ3n) is 3.91. The van der Waals surface area contributed by atoms with Gasteiger partial charge in [-0.2, -0.15) is 0 Å². The van der Waals surface area contributed by atoms with Gasteiger partial charge in [0.2, 0.25) is 0 Å². The lowest BCUT2D eigenvalue weighted by atomic mass is 10.1. The number of fused-ring (bicyclic) bond motifs is 1. The van der Waals surface area contributed by atoms with Crippen LogP contribution in [0.25, 0.3) is 10.9 Å². The first-order chi connectivity index (χ1) is 11.6. The summed E-state index contributed by atoms with van der Waals surface area (Å²) in [5.41, 5.74) is 3.37. The lowest BCUT2D eigenvalue weighted by molar-refractivity contribution is 0.177. The van der Waals surface area contributed by atoms with E-state index in [1.165, 1.54) is 10.9 Å². The van der Waals surface area contributed by atoms with Crippen LogP contribution >= 0.6 is 11.6 Å². The summed E-state index contributed by atoms with van der Waals surface area (Å²) in [6, 6.07) is 7.96. The number of nitrogens with zero attached hydrogens (tertiary/aromatic N) is 3. The number of ether oxygens (including phenoxy) is 1. The third kappa shape index (κ3) is 3.68. The molecule has 0 unspecified atom stereocenters. The van der Waals surface area contributed by atoms with Gasteiger partial charge in [0, 0.05) is 54.6 Å². The predicted molar refractivity (Wildman–Crippen MR) is 97.6 cm³/mol. The first-order valence-electron chi connectivity index (χ1n) is 7.87. The molecule has 0 bridgehead atoms. The Labute approximate surface area is 146 Å². The van der Waals surface area contributed by atoms with Crippen LogP contribution in [0.3, 0.4) is 0 Å². The molecule has 5 nitrogen and oxygen atoms in total. The molecule has 1 aromatic carbocycles. The molecule has 126 valence electrons. The number of halogens is 1. The summed E-state index contributed by atoms with van der Waals surface area (Å²) in [6.07, 6.45) is 3.06. The van der Waals surface area contributed by atoms with Gasteiger partial charge in [0.25, 0.3) is 0 Å². The van der Waals surface area contributed by atoms with E-state index in [9.17, 15) is 0 Å². The molecule has 0 atom stereocenters. The van der Waals surface area contributed by atoms with Crippen LogP contribution in [0.1, 0.15) is 17.1 Å². The van der Waals surface area contributed by atoms with Crippen LogP contribution in [0.4, 0.5) is 5.82 Å². The largest absolute Gasteiger partial charge is 0.377 e. The van der Waals surface area contributed by atoms with Crippen molar-refractivity contribution in [1.29, 1.82) is 0 Å². The molecule has 0 spiro atoms. The van der Waals surface area contributed by atoms with Gasteiger partial charge in [-0.15, -0.1) is 0 Å². The van der Waals surface area contributed by atoms with Crippen LogP contribution in [0, 0.1) is 6.92 Å². The summed E-state index contributed by atoms with van der Waals surface area (Å²) < 4.78 is 7.22. The van der Waals surface area contributed by atoms with Crippen LogP contribution in [0.2, 0.25) is 5.02 Å². The first kappa shape index (κ1) is 16.7. The Hall–Kier alpha value is -2.11. The fourth-order valence-electron chi connectivity index (χ4n) is 2.88. The second-order valence-corrected chi connectivity index (χ2v) is 6.28. The Bertz CT molecular complexity index is 860. The van der Waals surface area contributed by atoms with Crippen molar-refractivity contribution in [2.24, 2.45) is 7.05 Å². The maximum Gasteiger partial charge on any atom is 0.156 e. The molecule has 0 aliphatic carbocycles. The molecule has 0 aliphatic heterocycles. The van der Waals surface area contributed by atoms with Crippen molar-refractivity contribution in [2.75, 3.05) is 19.0 Å². The number of hydrogen-bond acceptors (Lipinski definition) is 4. The van der Waals surface area contributed by atoms with E-state index < -0.39 is 0 Å². The van der Waals surface area contributed by atoms with Gasteiger partial charge in [-0.05, 0) is 31.0 Å². The number of benzene rings is 1. The molecular weight excluding hydrogens is 324 g/mol. The number of aryl methyl sites for hydroxylation is 2. The predicted octanol–water partition coefficient (Wildman–Crippen LogP) is 3.73. The van der Waals surface area contributed by atoms with Crippen molar-refractivity contribution >= 4 is 28.3 Å². The lowest BCUT2D eigenvalue weighted by Gasteiger charge is -2.08. The van der Waals surface area contributed by atoms with Crippen LogP contribution in [-0.4, -0.2) is 28.2 Å². The highest BCUT2D eigenvalue weighted by molar-refractivity contribution is 6.31. The van der Waals surface area contributed by atoms with Gasteiger partial charge in [-0.3, -0.25) is 0 Å². The molecule has 2 heterocycles. The minimum absolute atomic E-state index is 0.417. The van der Waals surface area contributed by atoms with Crippen molar-refractivity contribution < 1.29 is 4.74 Å². The number of anilines is 1. The maximum absolute atomic E-state index is 6.09. The van der Waals surface area contributed by atoms with E-state index in [1.54, 1.807) is 7.11 Å². The summed E-state index contributed by atoms with van der Waals surface area (Å²) in [7, 11) is 3.69. The van der Waals surface area contributed by atoms with E-state index in [-0.39, 0.29) is 0 Å². The highest BCUT2D eigenvalue weighted by Crippen LogP contribution is 2.24. The number of nitrogens with one attached hydrogen (secondary N) is 1. The molecule has 24 heavy (non-hydrogen) atoms. The van der Waals surface area contributed by atoms with Crippen LogP contribution in [0.5, 0.6) is 0 Å². The zero-order chi connectivity index (χ0) is 17.1. The SMILES string of the molecule is COCc1nc(C)cc(NCCc2cn(C)c3cc(Cl)ccc23)n1. The normalized spacial score (nSPS) is 11.2. The Kier molecular flexibility index (Phi) is 5.02. The van der Waals surface area contributed by atoms with Crippen molar-refractivity contribution in [2.45, 2.75) is 20.0 Å². The quantitative estimate of drug-likeness (QED) is 0.740. The summed E-state index contributed by atoms with van der Waals surface area (Å²) in [5.74, 6) is 1.53. The molecule has 0 aliphatic rings. The molecule has 0 amide bonds. The van der Waals surface area contributed by atoms with Crippen molar-refractivity contribution in [3.8, 4) is 0 Å². The highest BCUT2D eigenvalue weighted by Gasteiger charge is 2.07. The Morgan fingerprint density at radius 3 is 2.88 bits per heavy atom. The topological polar surface area (TPSA) is 52.0 Å². The van der Waals surface area contributed by atoms with Crippen molar-refractivity contribution in [3.63, 3.8) is 0 Å². The fourth-order valence-corrected chi connectivity index (χ4v) is 3.05. The molecule has 2 aromatic heterocycles. The minimum atomic E-state index is 0.417. The first-order valence-corrected chi connectivity index (χ1v) is 8.25. The molecule has 0 saturated carbocycles. The zero-order valence-corrected chi connectivity index (χ0v) is 14.9. The van der Waals surface area contributed by atoms with Gasteiger partial charge < -0.3 is 14.6 Å². The van der Waals surface area contributed by atoms with Crippen LogP contribution in [0.15, 0.2) is 30.5 Å². The van der Waals surface area contributed by atoms with Crippen molar-refractivity contribution in [1.82, 2.24) is 14.5 Å². The summed E-state index contributed by atoms with van der Waals surface area (Å²) in [5, 5.41) is 5.37. The Morgan fingerprint density at radius 2 is 2.08 bits per heavy atom. The maximum atomic E-state index is 6.09. The summed E-state index contributed by atoms with van der Waals surface area (Å²) in [6.45, 7) is 3.17. The second-order valence-electron chi connectivity index (χ2n) is 5.85. The zero-order valence-electron chi connectivity index (χ0n) is 14.1. The molecule has 0 fully saturated rings. The second kappa shape index (κ2) is 7.20. The Balaban J connectivity index is 1.71. The van der Waals surface area contributed by atoms with E-state index in [0.29, 0.717) is 12.4 Å². The van der Waals surface area contributed by atoms with E-state index in [1.807, 2.05) is 32.2 Å². The molecule has 3 rings (SSSR count). The van der Waals surface area contributed by atoms with E-state index in [4.69, 9.17) is 16.3 Å². The van der Waals surface area contributed by atoms with Gasteiger partial charge >= 0.3 is 0 Å². The van der Waals surface area contributed by atoms with Gasteiger partial charge in [-0.25, -0.2) is 9.97 Å². The monoisotopic (exact) mass is 344 g/mol. The average molecular weight is 345 g/mol. The van der Waals surface area contributed by atoms with E-state index >= 15 is 0 Å². The highest BCUT2D eigenvalue weighted by atomic mass is 35.5. The molecule has 1 N–H and O–H groups in total. The van der Waals surface area contributed by atoms with Gasteiger partial charge in [0.15, 0.2) is 5.82 Å². The number of rotatable bonds is 6. The number of hydrogen-bond donors (Lipinski definition) is 1. The molecule has 6 heteroatoms. The minimum Gasteiger partial charge on any atom is -0.377 e. The summed E-state index contributed by atoms with van der Waals surface area (Å²) in [4.78, 5) is 8.81. The van der Waals surface area contributed by atoms with Crippen LogP contribution < -0.4 is 5.32 Å². The van der Waals surface area contributed by atoms with Crippen molar-refractivity contribution in [3.05, 3.63) is 52.6 Å². The number of methoxy groups -OCH3 is 1. The van der Waals surface area contributed by atoms with Crippen LogP contribution in [-0.2, 0) is 24.8 Å². The molecule has 0 radical (unpaired) electrons. The number of aromatic nitrogens is 3. The van der Waals surface area contributed by atoms with Gasteiger partial charge in [-0.1, -0.05) is 17.7 Å². The smallest absolute Gasteiger partial charge is 0.156 e. The summed E-state index contributed by atoms with van der Waals surface area (Å²) >= 11 is 6.09.